The molecule has 0 saturated carbocycles. The molecule has 8 heavy (non-hydrogen) atoms. The Morgan fingerprint density at radius 3 is 1.00 bits per heavy atom. The average Bonchev–Trinajstić information content (AvgIpc) is 0. The smallest absolute Gasteiger partial charge is 0 e. The molecule has 0 heterocycles. The second kappa shape index (κ2) is 55.0. The summed E-state index contributed by atoms with van der Waals surface area (Å²) in [6, 6.07) is 0. The minimum Gasteiger partial charge on any atom is 0 e. The van der Waals surface area contributed by atoms with Crippen molar-refractivity contribution in [2.75, 3.05) is 0 Å². The minimum absolute atomic E-state index is 0. The summed E-state index contributed by atoms with van der Waals surface area (Å²) < 4.78 is 0. The molecule has 0 saturated heterocycles. The second-order valence-electron chi connectivity index (χ2n) is 0. The molecule has 0 aliphatic heterocycles. The SMILES string of the molecule is [B].[Nb].[SbH3].[SnH2].[Ta].[Ti].[W].[Zr]. The molecule has 0 fully saturated rings. The molecular weight excluding hydrogens is 848 g/mol. The van der Waals surface area contributed by atoms with Crippen molar-refractivity contribution >= 4 is 56.7 Å². The third-order valence-corrected chi connectivity index (χ3v) is 0. The van der Waals surface area contributed by atoms with Crippen LogP contribution in [-0.4, -0.2) is 56.7 Å². The van der Waals surface area contributed by atoms with Crippen LogP contribution in [0.5, 0.6) is 0 Å². The van der Waals surface area contributed by atoms with Gasteiger partial charge in [-0.2, -0.15) is 0 Å². The zero-order valence-electron chi connectivity index (χ0n) is 4.29. The van der Waals surface area contributed by atoms with Crippen LogP contribution >= 0.6 is 0 Å². The molecule has 0 aromatic heterocycles. The maximum absolute atomic E-state index is 0. The van der Waals surface area contributed by atoms with Crippen LogP contribution in [0, 0.1) is 0 Å². The topological polar surface area (TPSA) is 0 Å². The van der Waals surface area contributed by atoms with Gasteiger partial charge in [-0.25, -0.2) is 0 Å². The fourth-order valence-corrected chi connectivity index (χ4v) is 0. The largest absolute Gasteiger partial charge is 0 e. The van der Waals surface area contributed by atoms with E-state index in [0.29, 0.717) is 0 Å². The first-order valence-corrected chi connectivity index (χ1v) is 0. The van der Waals surface area contributed by atoms with Gasteiger partial charge < -0.3 is 0 Å². The Morgan fingerprint density at radius 1 is 1.00 bits per heavy atom. The molecule has 0 aliphatic rings. The Morgan fingerprint density at radius 2 is 1.00 bits per heavy atom. The molecule has 0 amide bonds. The molecule has 7 radical (unpaired) electrons. The zero-order valence-corrected chi connectivity index (χ0v) is 24.7. The van der Waals surface area contributed by atoms with Crippen LogP contribution in [0.3, 0.4) is 0 Å². The molecule has 0 aliphatic carbocycles. The van der Waals surface area contributed by atoms with Crippen molar-refractivity contribution in [2.24, 2.45) is 0 Å². The van der Waals surface area contributed by atoms with Gasteiger partial charge in [-0.15, -0.1) is 0 Å². The van der Waals surface area contributed by atoms with E-state index in [1.807, 2.05) is 0 Å². The number of hydrogen-bond acceptors (Lipinski definition) is 0. The standard InChI is InChI=1S/B.Nb.Sb.Sn.Ta.Ti.W.Zr.5H. The summed E-state index contributed by atoms with van der Waals surface area (Å²) in [5.41, 5.74) is 0. The molecule has 0 N–H and O–H groups in total. The van der Waals surface area contributed by atoms with Crippen molar-refractivity contribution < 1.29 is 114 Å². The average molecular weight is 853 g/mol. The van der Waals surface area contributed by atoms with E-state index in [-0.39, 0.29) is 170 Å². The predicted octanol–water partition coefficient (Wildman–Crippen LogP) is -2.49. The summed E-state index contributed by atoms with van der Waals surface area (Å²) in [5.74, 6) is 0. The van der Waals surface area contributed by atoms with Crippen molar-refractivity contribution in [2.45, 2.75) is 0 Å². The Labute approximate surface area is 166 Å². The van der Waals surface area contributed by atoms with E-state index in [0.717, 1.165) is 0 Å². The molecule has 8 heteroatoms. The van der Waals surface area contributed by atoms with Crippen LogP contribution in [0.1, 0.15) is 0 Å². The monoisotopic (exact) mass is 853 g/mol. The molecule has 0 nitrogen and oxygen atoms in total. The van der Waals surface area contributed by atoms with E-state index in [1.54, 1.807) is 0 Å². The predicted molar refractivity (Wildman–Crippen MR) is 24.2 cm³/mol. The molecule has 0 unspecified atom stereocenters. The van der Waals surface area contributed by atoms with Gasteiger partial charge in [-0.3, -0.25) is 0 Å². The van der Waals surface area contributed by atoms with Gasteiger partial charge in [0, 0.05) is 122 Å². The maximum atomic E-state index is 0. The maximum Gasteiger partial charge on any atom is 0 e. The fourth-order valence-electron chi connectivity index (χ4n) is 0. The zero-order chi connectivity index (χ0) is 0. The van der Waals surface area contributed by atoms with E-state index in [1.165, 1.54) is 0 Å². The van der Waals surface area contributed by atoms with E-state index >= 15 is 0 Å². The molecular formula is H5BNbSbSnTaTiWZr. The summed E-state index contributed by atoms with van der Waals surface area (Å²) in [5, 5.41) is 0. The Hall–Kier alpha value is 5.45. The molecule has 0 bridgehead atoms. The number of hydrogen-bond donors (Lipinski definition) is 0. The van der Waals surface area contributed by atoms with Crippen LogP contribution in [0.2, 0.25) is 0 Å². The summed E-state index contributed by atoms with van der Waals surface area (Å²) in [6.45, 7) is 0. The van der Waals surface area contributed by atoms with Crippen molar-refractivity contribution in [3.05, 3.63) is 0 Å². The van der Waals surface area contributed by atoms with Crippen molar-refractivity contribution in [1.82, 2.24) is 0 Å². The van der Waals surface area contributed by atoms with E-state index in [9.17, 15) is 0 Å². The molecule has 0 aromatic carbocycles. The second-order valence-corrected chi connectivity index (χ2v) is 0. The van der Waals surface area contributed by atoms with Gasteiger partial charge >= 0.3 is 48.3 Å². The quantitative estimate of drug-likeness (QED) is 0.237. The van der Waals surface area contributed by atoms with Gasteiger partial charge in [-0.05, 0) is 0 Å². The van der Waals surface area contributed by atoms with Gasteiger partial charge in [0.15, 0.2) is 0 Å². The van der Waals surface area contributed by atoms with Crippen molar-refractivity contribution in [1.29, 1.82) is 0 Å². The van der Waals surface area contributed by atoms with Gasteiger partial charge in [0.05, 0.1) is 0 Å². The normalized spacial score (nSPS) is 0. The van der Waals surface area contributed by atoms with Crippen LogP contribution in [0.4, 0.5) is 0 Å². The Bertz CT molecular complexity index is 24.0. The van der Waals surface area contributed by atoms with Gasteiger partial charge in [0.25, 0.3) is 0 Å². The Kier molecular flexibility index (Phi) is 482. The van der Waals surface area contributed by atoms with Crippen LogP contribution < -0.4 is 0 Å². The first-order chi connectivity index (χ1) is 0. The Balaban J connectivity index is 0. The van der Waals surface area contributed by atoms with Crippen molar-refractivity contribution in [3.63, 3.8) is 0 Å². The van der Waals surface area contributed by atoms with Crippen LogP contribution in [0.25, 0.3) is 0 Å². The van der Waals surface area contributed by atoms with Gasteiger partial charge in [0.2, 0.25) is 0 Å². The van der Waals surface area contributed by atoms with Crippen LogP contribution in [-0.2, 0) is 114 Å². The molecule has 0 atom stereocenters. The third kappa shape index (κ3) is 42.1. The van der Waals surface area contributed by atoms with E-state index < -0.39 is 0 Å². The summed E-state index contributed by atoms with van der Waals surface area (Å²) in [4.78, 5) is 0. The summed E-state index contributed by atoms with van der Waals surface area (Å²) >= 11 is 0. The van der Waals surface area contributed by atoms with Crippen LogP contribution in [0.15, 0.2) is 0 Å². The van der Waals surface area contributed by atoms with Gasteiger partial charge in [0.1, 0.15) is 0 Å². The first kappa shape index (κ1) is 70.2. The summed E-state index contributed by atoms with van der Waals surface area (Å²) in [6.07, 6.45) is 0. The fraction of sp³-hybridized carbons (Fsp3) is 0. The van der Waals surface area contributed by atoms with E-state index in [4.69, 9.17) is 0 Å². The minimum atomic E-state index is 0. The first-order valence-electron chi connectivity index (χ1n) is 0. The molecule has 0 rings (SSSR count). The molecule has 41 valence electrons. The van der Waals surface area contributed by atoms with Gasteiger partial charge in [-0.1, -0.05) is 0 Å². The van der Waals surface area contributed by atoms with Crippen molar-refractivity contribution in [3.8, 4) is 0 Å². The molecule has 0 aromatic rings. The summed E-state index contributed by atoms with van der Waals surface area (Å²) in [7, 11) is 0. The third-order valence-electron chi connectivity index (χ3n) is 0. The molecule has 0 spiro atoms. The number of rotatable bonds is 0. The van der Waals surface area contributed by atoms with E-state index in [2.05, 4.69) is 0 Å².